The molecule has 3 aromatic rings. The topological polar surface area (TPSA) is 73.0 Å². The number of carbonyl (C=O) groups excluding carboxylic acids is 1. The van der Waals surface area contributed by atoms with Crippen molar-refractivity contribution in [3.05, 3.63) is 47.3 Å². The van der Waals surface area contributed by atoms with Gasteiger partial charge in [-0.05, 0) is 31.0 Å². The van der Waals surface area contributed by atoms with Gasteiger partial charge in [-0.1, -0.05) is 42.7 Å². The Morgan fingerprint density at radius 1 is 1.32 bits per heavy atom. The van der Waals surface area contributed by atoms with E-state index in [0.717, 1.165) is 11.1 Å². The molecule has 0 bridgehead atoms. The molecule has 0 radical (unpaired) electrons. The van der Waals surface area contributed by atoms with Crippen molar-refractivity contribution in [2.45, 2.75) is 20.8 Å². The summed E-state index contributed by atoms with van der Waals surface area (Å²) in [5.74, 6) is 0.344. The predicted octanol–water partition coefficient (Wildman–Crippen LogP) is 4.38. The van der Waals surface area contributed by atoms with Gasteiger partial charge in [-0.3, -0.25) is 0 Å². The lowest BCUT2D eigenvalue weighted by Gasteiger charge is -2.09. The lowest BCUT2D eigenvalue weighted by molar-refractivity contribution is 0.238. The number of nitrogens with zero attached hydrogens (tertiary/aromatic N) is 3. The standard InChI is InChI=1S/C18H19ClN4O2/c1-11(2)9-20-18(24)23-17(15-10-25-22-12(15)3)8-16(21-23)13-4-6-14(19)7-5-13/h4-8,10-11H,9H2,1-3H3,(H,20,24). The van der Waals surface area contributed by atoms with Gasteiger partial charge >= 0.3 is 6.03 Å². The average Bonchev–Trinajstić information content (AvgIpc) is 3.19. The maximum absolute atomic E-state index is 12.6. The van der Waals surface area contributed by atoms with Crippen molar-refractivity contribution in [1.82, 2.24) is 20.3 Å². The van der Waals surface area contributed by atoms with Gasteiger partial charge in [0, 0.05) is 17.1 Å². The Bertz CT molecular complexity index is 881. The summed E-state index contributed by atoms with van der Waals surface area (Å²) in [6.07, 6.45) is 1.52. The second-order valence-electron chi connectivity index (χ2n) is 6.23. The number of aromatic nitrogens is 3. The van der Waals surface area contributed by atoms with E-state index < -0.39 is 0 Å². The lowest BCUT2D eigenvalue weighted by atomic mass is 10.1. The van der Waals surface area contributed by atoms with Gasteiger partial charge in [0.1, 0.15) is 6.26 Å². The molecule has 0 aliphatic heterocycles. The van der Waals surface area contributed by atoms with E-state index in [0.29, 0.717) is 34.6 Å². The van der Waals surface area contributed by atoms with Gasteiger partial charge < -0.3 is 9.84 Å². The van der Waals surface area contributed by atoms with E-state index in [1.165, 1.54) is 10.9 Å². The molecule has 1 amide bonds. The number of hydrogen-bond acceptors (Lipinski definition) is 4. The zero-order chi connectivity index (χ0) is 18.0. The summed E-state index contributed by atoms with van der Waals surface area (Å²) in [5, 5.41) is 11.9. The summed E-state index contributed by atoms with van der Waals surface area (Å²) < 4.78 is 6.38. The molecule has 0 aliphatic carbocycles. The fraction of sp³-hybridized carbons (Fsp3) is 0.278. The highest BCUT2D eigenvalue weighted by atomic mass is 35.5. The fourth-order valence-electron chi connectivity index (χ4n) is 2.39. The van der Waals surface area contributed by atoms with Crippen molar-refractivity contribution < 1.29 is 9.32 Å². The molecule has 0 spiro atoms. The average molecular weight is 359 g/mol. The first-order valence-electron chi connectivity index (χ1n) is 8.01. The number of carbonyl (C=O) groups is 1. The molecular weight excluding hydrogens is 340 g/mol. The number of nitrogens with one attached hydrogen (secondary N) is 1. The van der Waals surface area contributed by atoms with E-state index in [1.54, 1.807) is 12.1 Å². The van der Waals surface area contributed by atoms with Crippen LogP contribution in [0.2, 0.25) is 5.02 Å². The van der Waals surface area contributed by atoms with Crippen LogP contribution in [0.5, 0.6) is 0 Å². The number of rotatable bonds is 4. The Kier molecular flexibility index (Phi) is 4.90. The van der Waals surface area contributed by atoms with Crippen LogP contribution in [-0.4, -0.2) is 27.5 Å². The first-order chi connectivity index (χ1) is 12.0. The normalized spacial score (nSPS) is 11.1. The second-order valence-corrected chi connectivity index (χ2v) is 6.66. The van der Waals surface area contributed by atoms with Crippen LogP contribution in [0.1, 0.15) is 19.5 Å². The second kappa shape index (κ2) is 7.11. The van der Waals surface area contributed by atoms with Crippen LogP contribution in [-0.2, 0) is 0 Å². The van der Waals surface area contributed by atoms with Crippen LogP contribution >= 0.6 is 11.6 Å². The third-order valence-corrected chi connectivity index (χ3v) is 3.98. The smallest absolute Gasteiger partial charge is 0.342 e. The zero-order valence-electron chi connectivity index (χ0n) is 14.3. The highest BCUT2D eigenvalue weighted by molar-refractivity contribution is 6.30. The number of halogens is 1. The molecule has 3 rings (SSSR count). The van der Waals surface area contributed by atoms with E-state index in [1.807, 2.05) is 39.0 Å². The van der Waals surface area contributed by atoms with E-state index >= 15 is 0 Å². The van der Waals surface area contributed by atoms with E-state index in [-0.39, 0.29) is 6.03 Å². The van der Waals surface area contributed by atoms with Crippen molar-refractivity contribution in [2.75, 3.05) is 6.54 Å². The first-order valence-corrected chi connectivity index (χ1v) is 8.39. The molecule has 0 saturated heterocycles. The molecule has 2 aromatic heterocycles. The minimum Gasteiger partial charge on any atom is -0.364 e. The quantitative estimate of drug-likeness (QED) is 0.751. The molecule has 0 aliphatic rings. The third kappa shape index (κ3) is 3.74. The summed E-state index contributed by atoms with van der Waals surface area (Å²) >= 11 is 5.95. The van der Waals surface area contributed by atoms with Crippen molar-refractivity contribution >= 4 is 17.6 Å². The lowest BCUT2D eigenvalue weighted by Crippen LogP contribution is -2.32. The molecule has 0 saturated carbocycles. The molecule has 7 heteroatoms. The highest BCUT2D eigenvalue weighted by Gasteiger charge is 2.20. The minimum atomic E-state index is -0.287. The van der Waals surface area contributed by atoms with Crippen LogP contribution in [0.4, 0.5) is 4.79 Å². The largest absolute Gasteiger partial charge is 0.364 e. The third-order valence-electron chi connectivity index (χ3n) is 3.73. The molecule has 1 aromatic carbocycles. The summed E-state index contributed by atoms with van der Waals surface area (Å²) in [5.41, 5.74) is 3.60. The molecule has 2 heterocycles. The van der Waals surface area contributed by atoms with Crippen LogP contribution in [0.15, 0.2) is 41.1 Å². The molecule has 1 N–H and O–H groups in total. The van der Waals surface area contributed by atoms with Gasteiger partial charge in [0.15, 0.2) is 0 Å². The fourth-order valence-corrected chi connectivity index (χ4v) is 2.52. The van der Waals surface area contributed by atoms with Gasteiger partial charge in [0.2, 0.25) is 0 Å². The molecular formula is C18H19ClN4O2. The number of amides is 1. The minimum absolute atomic E-state index is 0.287. The Hall–Kier alpha value is -2.60. The van der Waals surface area contributed by atoms with E-state index in [9.17, 15) is 4.79 Å². The molecule has 0 fully saturated rings. The molecule has 0 unspecified atom stereocenters. The number of hydrogen-bond donors (Lipinski definition) is 1. The Morgan fingerprint density at radius 2 is 2.04 bits per heavy atom. The first kappa shape index (κ1) is 17.2. The summed E-state index contributed by atoms with van der Waals surface area (Å²) in [6, 6.07) is 8.87. The summed E-state index contributed by atoms with van der Waals surface area (Å²) in [4.78, 5) is 12.6. The molecule has 0 atom stereocenters. The Morgan fingerprint density at radius 3 is 2.64 bits per heavy atom. The van der Waals surface area contributed by atoms with Crippen molar-refractivity contribution in [3.8, 4) is 22.5 Å². The van der Waals surface area contributed by atoms with Gasteiger partial charge in [0.05, 0.1) is 22.6 Å². The summed E-state index contributed by atoms with van der Waals surface area (Å²) in [6.45, 7) is 6.46. The number of benzene rings is 1. The van der Waals surface area contributed by atoms with Crippen LogP contribution in [0.25, 0.3) is 22.5 Å². The van der Waals surface area contributed by atoms with E-state index in [4.69, 9.17) is 16.1 Å². The monoisotopic (exact) mass is 358 g/mol. The van der Waals surface area contributed by atoms with Gasteiger partial charge in [-0.25, -0.2) is 4.79 Å². The van der Waals surface area contributed by atoms with Crippen LogP contribution in [0.3, 0.4) is 0 Å². The maximum atomic E-state index is 12.6. The number of aryl methyl sites for hydroxylation is 1. The van der Waals surface area contributed by atoms with Crippen molar-refractivity contribution in [3.63, 3.8) is 0 Å². The van der Waals surface area contributed by atoms with Crippen LogP contribution < -0.4 is 5.32 Å². The molecule has 6 nitrogen and oxygen atoms in total. The van der Waals surface area contributed by atoms with Crippen LogP contribution in [0, 0.1) is 12.8 Å². The van der Waals surface area contributed by atoms with Gasteiger partial charge in [-0.15, -0.1) is 0 Å². The maximum Gasteiger partial charge on any atom is 0.342 e. The van der Waals surface area contributed by atoms with Gasteiger partial charge in [0.25, 0.3) is 0 Å². The zero-order valence-corrected chi connectivity index (χ0v) is 15.0. The van der Waals surface area contributed by atoms with E-state index in [2.05, 4.69) is 15.6 Å². The highest BCUT2D eigenvalue weighted by Crippen LogP contribution is 2.28. The summed E-state index contributed by atoms with van der Waals surface area (Å²) in [7, 11) is 0. The molecule has 25 heavy (non-hydrogen) atoms. The van der Waals surface area contributed by atoms with Crippen molar-refractivity contribution in [2.24, 2.45) is 5.92 Å². The van der Waals surface area contributed by atoms with Crippen molar-refractivity contribution in [1.29, 1.82) is 0 Å². The Balaban J connectivity index is 2.04. The Labute approximate surface area is 150 Å². The predicted molar refractivity (Wildman–Crippen MR) is 96.5 cm³/mol. The molecule has 130 valence electrons. The van der Waals surface area contributed by atoms with Gasteiger partial charge in [-0.2, -0.15) is 9.78 Å². The SMILES string of the molecule is Cc1nocc1-c1cc(-c2ccc(Cl)cc2)nn1C(=O)NCC(C)C.